The van der Waals surface area contributed by atoms with Gasteiger partial charge in [0.25, 0.3) is 0 Å². The van der Waals surface area contributed by atoms with E-state index in [9.17, 15) is 14.8 Å². The van der Waals surface area contributed by atoms with Crippen LogP contribution in [0, 0.1) is 18.3 Å². The van der Waals surface area contributed by atoms with Crippen molar-refractivity contribution in [3.05, 3.63) is 53.3 Å². The Kier molecular flexibility index (Phi) is 6.67. The molecule has 9 nitrogen and oxygen atoms in total. The molecule has 3 atom stereocenters. The summed E-state index contributed by atoms with van der Waals surface area (Å²) in [7, 11) is 1.89. The van der Waals surface area contributed by atoms with Crippen LogP contribution in [-0.2, 0) is 5.41 Å². The van der Waals surface area contributed by atoms with Crippen LogP contribution in [0.3, 0.4) is 0 Å². The zero-order valence-electron chi connectivity index (χ0n) is 21.1. The fraction of sp³-hybridized carbons (Fsp3) is 0.407. The van der Waals surface area contributed by atoms with Gasteiger partial charge in [-0.3, -0.25) is 0 Å². The number of aryl methyl sites for hydroxylation is 1. The van der Waals surface area contributed by atoms with Crippen LogP contribution in [0.1, 0.15) is 30.0 Å². The molecule has 0 spiro atoms. The van der Waals surface area contributed by atoms with Crippen molar-refractivity contribution in [2.75, 3.05) is 43.9 Å². The molecule has 0 aliphatic carbocycles. The molecule has 192 valence electrons. The van der Waals surface area contributed by atoms with E-state index >= 15 is 0 Å². The van der Waals surface area contributed by atoms with Crippen molar-refractivity contribution < 1.29 is 14.2 Å². The molecule has 0 saturated carbocycles. The summed E-state index contributed by atoms with van der Waals surface area (Å²) in [6.45, 7) is 5.45. The van der Waals surface area contributed by atoms with Gasteiger partial charge in [-0.25, -0.2) is 19.3 Å². The summed E-state index contributed by atoms with van der Waals surface area (Å²) in [5.41, 5.74) is 4.45. The molecule has 2 aromatic heterocycles. The molecule has 1 fully saturated rings. The number of fused-ring (bicyclic) bond motifs is 1. The second-order valence-corrected chi connectivity index (χ2v) is 10.1. The average Bonchev–Trinajstić information content (AvgIpc) is 3.24. The molecular formula is C27H30FN7O2. The largest absolute Gasteiger partial charge is 0.470 e. The number of likely N-dealkylation sites (tertiary alicyclic amines) is 1. The zero-order chi connectivity index (χ0) is 26.2. The first-order valence-electron chi connectivity index (χ1n) is 12.3. The molecule has 2 aliphatic rings. The predicted molar refractivity (Wildman–Crippen MR) is 139 cm³/mol. The van der Waals surface area contributed by atoms with E-state index < -0.39 is 17.7 Å². The third-order valence-corrected chi connectivity index (χ3v) is 7.05. The molecule has 3 aromatic rings. The van der Waals surface area contributed by atoms with Crippen LogP contribution in [0.2, 0.25) is 0 Å². The normalized spacial score (nSPS) is 23.1. The lowest BCUT2D eigenvalue weighted by Crippen LogP contribution is -2.45. The molecule has 1 saturated heterocycles. The summed E-state index contributed by atoms with van der Waals surface area (Å²) in [6.07, 6.45) is 2.19. The van der Waals surface area contributed by atoms with E-state index in [0.29, 0.717) is 48.3 Å². The van der Waals surface area contributed by atoms with Gasteiger partial charge in [0.05, 0.1) is 23.6 Å². The van der Waals surface area contributed by atoms with E-state index in [1.54, 1.807) is 24.5 Å². The highest BCUT2D eigenvalue weighted by Gasteiger charge is 2.36. The number of aromatic nitrogens is 3. The molecule has 1 aromatic carbocycles. The fourth-order valence-electron chi connectivity index (χ4n) is 4.82. The van der Waals surface area contributed by atoms with Crippen LogP contribution in [-0.4, -0.2) is 70.5 Å². The lowest BCUT2D eigenvalue weighted by Gasteiger charge is -2.32. The van der Waals surface area contributed by atoms with Crippen molar-refractivity contribution in [3.63, 3.8) is 0 Å². The minimum Gasteiger partial charge on any atom is -0.470 e. The number of nitrogens with one attached hydrogen (secondary N) is 2. The highest BCUT2D eigenvalue weighted by atomic mass is 19.1. The van der Waals surface area contributed by atoms with Crippen LogP contribution in [0.15, 0.2) is 36.7 Å². The van der Waals surface area contributed by atoms with E-state index in [1.165, 1.54) is 0 Å². The zero-order valence-corrected chi connectivity index (χ0v) is 21.1. The highest BCUT2D eigenvalue weighted by molar-refractivity contribution is 5.76. The van der Waals surface area contributed by atoms with Crippen LogP contribution in [0.5, 0.6) is 5.88 Å². The monoisotopic (exact) mass is 503 g/mol. The average molecular weight is 504 g/mol. The quantitative estimate of drug-likeness (QED) is 0.464. The summed E-state index contributed by atoms with van der Waals surface area (Å²) >= 11 is 0. The van der Waals surface area contributed by atoms with Gasteiger partial charge < -0.3 is 25.4 Å². The highest BCUT2D eigenvalue weighted by Crippen LogP contribution is 2.41. The van der Waals surface area contributed by atoms with Gasteiger partial charge in [0.2, 0.25) is 11.8 Å². The SMILES string of the molecule is Cc1cnc(OC2CCN(C)CC2F)c(Nc2nccc(-c3cc(C#N)c4c(c3)[C@@](C)(CO)CN4)n2)c1. The summed E-state index contributed by atoms with van der Waals surface area (Å²) in [4.78, 5) is 15.4. The second-order valence-electron chi connectivity index (χ2n) is 10.1. The number of benzene rings is 1. The minimum absolute atomic E-state index is 0.0436. The van der Waals surface area contributed by atoms with E-state index in [2.05, 4.69) is 31.7 Å². The van der Waals surface area contributed by atoms with Crippen molar-refractivity contribution >= 4 is 17.3 Å². The lowest BCUT2D eigenvalue weighted by molar-refractivity contribution is 0.0291. The molecule has 37 heavy (non-hydrogen) atoms. The number of anilines is 3. The maximum atomic E-state index is 14.6. The van der Waals surface area contributed by atoms with Crippen LogP contribution >= 0.6 is 0 Å². The summed E-state index contributed by atoms with van der Waals surface area (Å²) in [5, 5.41) is 26.2. The Morgan fingerprint density at radius 1 is 1.35 bits per heavy atom. The number of pyridine rings is 1. The number of halogens is 1. The Labute approximate surface area is 215 Å². The van der Waals surface area contributed by atoms with Gasteiger partial charge in [-0.2, -0.15) is 5.26 Å². The number of nitrogens with zero attached hydrogens (tertiary/aromatic N) is 5. The Morgan fingerprint density at radius 2 is 2.19 bits per heavy atom. The first-order chi connectivity index (χ1) is 17.8. The van der Waals surface area contributed by atoms with Crippen LogP contribution in [0.4, 0.5) is 21.7 Å². The predicted octanol–water partition coefficient (Wildman–Crippen LogP) is 3.56. The third-order valence-electron chi connectivity index (χ3n) is 7.05. The van der Waals surface area contributed by atoms with Gasteiger partial charge in [-0.1, -0.05) is 6.92 Å². The third kappa shape index (κ3) is 4.92. The molecule has 2 unspecified atom stereocenters. The molecule has 5 rings (SSSR count). The van der Waals surface area contributed by atoms with Gasteiger partial charge in [-0.05, 0) is 55.8 Å². The Balaban J connectivity index is 1.44. The van der Waals surface area contributed by atoms with Gasteiger partial charge in [0.15, 0.2) is 0 Å². The Hall–Kier alpha value is -3.81. The van der Waals surface area contributed by atoms with Gasteiger partial charge in [-0.15, -0.1) is 0 Å². The molecule has 0 radical (unpaired) electrons. The number of hydrogen-bond donors (Lipinski definition) is 3. The second kappa shape index (κ2) is 9.92. The molecule has 2 aliphatic heterocycles. The van der Waals surface area contributed by atoms with Crippen molar-refractivity contribution in [3.8, 4) is 23.2 Å². The van der Waals surface area contributed by atoms with Gasteiger partial charge >= 0.3 is 0 Å². The van der Waals surface area contributed by atoms with Crippen molar-refractivity contribution in [2.45, 2.75) is 38.0 Å². The molecular weight excluding hydrogens is 473 g/mol. The van der Waals surface area contributed by atoms with Crippen molar-refractivity contribution in [1.82, 2.24) is 19.9 Å². The number of alkyl halides is 1. The smallest absolute Gasteiger partial charge is 0.238 e. The number of aliphatic hydroxyl groups is 1. The number of aliphatic hydroxyl groups excluding tert-OH is 1. The molecule has 4 heterocycles. The first kappa shape index (κ1) is 24.9. The fourth-order valence-corrected chi connectivity index (χ4v) is 4.82. The topological polar surface area (TPSA) is 119 Å². The van der Waals surface area contributed by atoms with Crippen molar-refractivity contribution in [1.29, 1.82) is 5.26 Å². The Morgan fingerprint density at radius 3 is 2.95 bits per heavy atom. The number of hydrogen-bond acceptors (Lipinski definition) is 9. The van der Waals surface area contributed by atoms with E-state index in [1.807, 2.05) is 37.9 Å². The molecule has 3 N–H and O–H groups in total. The maximum absolute atomic E-state index is 14.6. The first-order valence-corrected chi connectivity index (χ1v) is 12.3. The number of rotatable bonds is 6. The van der Waals surface area contributed by atoms with Crippen molar-refractivity contribution in [2.24, 2.45) is 0 Å². The number of piperidine rings is 1. The summed E-state index contributed by atoms with van der Waals surface area (Å²) < 4.78 is 20.6. The van der Waals surface area contributed by atoms with Crippen LogP contribution < -0.4 is 15.4 Å². The number of nitriles is 1. The molecule has 0 amide bonds. The molecule has 10 heteroatoms. The number of ether oxygens (including phenoxy) is 1. The van der Waals surface area contributed by atoms with Gasteiger partial charge in [0.1, 0.15) is 24.0 Å². The minimum atomic E-state index is -1.11. The van der Waals surface area contributed by atoms with E-state index in [-0.39, 0.29) is 6.61 Å². The summed E-state index contributed by atoms with van der Waals surface area (Å²) in [6, 6.07) is 9.63. The summed E-state index contributed by atoms with van der Waals surface area (Å²) in [5.74, 6) is 0.614. The van der Waals surface area contributed by atoms with E-state index in [0.717, 1.165) is 28.9 Å². The standard InChI is InChI=1S/C27H30FN7O2/c1-16-8-22(25(31-12-16)37-23-5-7-35(3)13-20(23)28)34-26-30-6-4-21(33-26)17-9-18(11-29)24-19(10-17)27(2,15-36)14-32-24/h4,6,8-10,12,20,23,32,36H,5,7,13-15H2,1-3H3,(H,30,33,34)/t20?,23?,27-/m1/s1. The maximum Gasteiger partial charge on any atom is 0.238 e. The van der Waals surface area contributed by atoms with Crippen LogP contribution in [0.25, 0.3) is 11.3 Å². The van der Waals surface area contributed by atoms with E-state index in [4.69, 9.17) is 4.74 Å². The molecule has 0 bridgehead atoms. The van der Waals surface area contributed by atoms with Gasteiger partial charge in [0, 0.05) is 43.0 Å². The Bertz CT molecular complexity index is 1360. The lowest BCUT2D eigenvalue weighted by atomic mass is 9.83.